The van der Waals surface area contributed by atoms with Crippen LogP contribution in [0, 0.1) is 11.7 Å². The Morgan fingerprint density at radius 2 is 2.05 bits per heavy atom. The summed E-state index contributed by atoms with van der Waals surface area (Å²) in [4.78, 5) is 4.26. The molecule has 3 rings (SSSR count). The highest BCUT2D eigenvalue weighted by Gasteiger charge is 2.32. The Balaban J connectivity index is 1.84. The molecule has 0 spiro atoms. The topological polar surface area (TPSA) is 34.1 Å². The predicted molar refractivity (Wildman–Crippen MR) is 80.9 cm³/mol. The molecule has 3 nitrogen and oxygen atoms in total. The van der Waals surface area contributed by atoms with Gasteiger partial charge in [0.25, 0.3) is 0 Å². The van der Waals surface area contributed by atoms with Crippen LogP contribution in [0.5, 0.6) is 5.88 Å². The molecule has 0 bridgehead atoms. The van der Waals surface area contributed by atoms with Gasteiger partial charge in [0.15, 0.2) is 0 Å². The summed E-state index contributed by atoms with van der Waals surface area (Å²) in [7, 11) is 0. The van der Waals surface area contributed by atoms with E-state index in [2.05, 4.69) is 10.3 Å². The first-order chi connectivity index (χ1) is 10.3. The SMILES string of the molecule is CCOc1ncccc1NC(c1ccc(F)cc1)C1CC1. The monoisotopic (exact) mass is 286 g/mol. The number of anilines is 1. The molecule has 0 saturated heterocycles. The second-order valence-corrected chi connectivity index (χ2v) is 5.30. The van der Waals surface area contributed by atoms with Crippen LogP contribution in [0.4, 0.5) is 10.1 Å². The van der Waals surface area contributed by atoms with Crippen molar-refractivity contribution in [1.82, 2.24) is 4.98 Å². The van der Waals surface area contributed by atoms with E-state index in [9.17, 15) is 4.39 Å². The molecule has 1 aromatic heterocycles. The van der Waals surface area contributed by atoms with E-state index in [4.69, 9.17) is 4.74 Å². The fourth-order valence-electron chi connectivity index (χ4n) is 2.49. The number of aromatic nitrogens is 1. The molecule has 1 fully saturated rings. The van der Waals surface area contributed by atoms with E-state index in [0.29, 0.717) is 18.4 Å². The van der Waals surface area contributed by atoms with Crippen molar-refractivity contribution in [3.05, 3.63) is 54.0 Å². The number of nitrogens with zero attached hydrogens (tertiary/aromatic N) is 1. The Morgan fingerprint density at radius 3 is 2.71 bits per heavy atom. The van der Waals surface area contributed by atoms with Crippen LogP contribution in [-0.4, -0.2) is 11.6 Å². The molecule has 0 amide bonds. The largest absolute Gasteiger partial charge is 0.476 e. The molecule has 1 aliphatic rings. The molecule has 1 aliphatic carbocycles. The number of hydrogen-bond donors (Lipinski definition) is 1. The Bertz CT molecular complexity index is 596. The molecule has 1 atom stereocenters. The minimum Gasteiger partial charge on any atom is -0.476 e. The maximum atomic E-state index is 13.1. The third-order valence-corrected chi connectivity index (χ3v) is 3.69. The molecule has 1 unspecified atom stereocenters. The first-order valence-electron chi connectivity index (χ1n) is 7.37. The highest BCUT2D eigenvalue weighted by molar-refractivity contribution is 5.54. The number of nitrogens with one attached hydrogen (secondary N) is 1. The van der Waals surface area contributed by atoms with Crippen LogP contribution in [0.15, 0.2) is 42.6 Å². The summed E-state index contributed by atoms with van der Waals surface area (Å²) in [5, 5.41) is 3.52. The number of halogens is 1. The summed E-state index contributed by atoms with van der Waals surface area (Å²) in [5.74, 6) is 1.00. The van der Waals surface area contributed by atoms with Crippen LogP contribution in [-0.2, 0) is 0 Å². The van der Waals surface area contributed by atoms with Crippen LogP contribution in [0.3, 0.4) is 0 Å². The average Bonchev–Trinajstić information content (AvgIpc) is 3.32. The van der Waals surface area contributed by atoms with E-state index in [-0.39, 0.29) is 11.9 Å². The van der Waals surface area contributed by atoms with Crippen LogP contribution in [0.2, 0.25) is 0 Å². The zero-order valence-electron chi connectivity index (χ0n) is 12.1. The van der Waals surface area contributed by atoms with Gasteiger partial charge in [-0.15, -0.1) is 0 Å². The fraction of sp³-hybridized carbons (Fsp3) is 0.353. The summed E-state index contributed by atoms with van der Waals surface area (Å²) in [6.07, 6.45) is 4.11. The quantitative estimate of drug-likeness (QED) is 0.865. The lowest BCUT2D eigenvalue weighted by Crippen LogP contribution is -2.14. The van der Waals surface area contributed by atoms with Crippen LogP contribution < -0.4 is 10.1 Å². The molecule has 0 radical (unpaired) electrons. The van der Waals surface area contributed by atoms with Crippen LogP contribution in [0.25, 0.3) is 0 Å². The number of pyridine rings is 1. The lowest BCUT2D eigenvalue weighted by atomic mass is 10.0. The van der Waals surface area contributed by atoms with Crippen LogP contribution in [0.1, 0.15) is 31.4 Å². The van der Waals surface area contributed by atoms with E-state index in [1.54, 1.807) is 6.20 Å². The molecule has 4 heteroatoms. The van der Waals surface area contributed by atoms with E-state index >= 15 is 0 Å². The minimum absolute atomic E-state index is 0.175. The molecule has 110 valence electrons. The molecule has 1 heterocycles. The third kappa shape index (κ3) is 3.32. The molecular formula is C17H19FN2O. The van der Waals surface area contributed by atoms with Gasteiger partial charge >= 0.3 is 0 Å². The molecule has 21 heavy (non-hydrogen) atoms. The van der Waals surface area contributed by atoms with Gasteiger partial charge in [-0.25, -0.2) is 9.37 Å². The van der Waals surface area contributed by atoms with Gasteiger partial charge in [0.2, 0.25) is 5.88 Å². The zero-order valence-corrected chi connectivity index (χ0v) is 12.1. The van der Waals surface area contributed by atoms with E-state index in [1.165, 1.54) is 25.0 Å². The van der Waals surface area contributed by atoms with E-state index in [1.807, 2.05) is 31.2 Å². The molecule has 1 saturated carbocycles. The maximum Gasteiger partial charge on any atom is 0.237 e. The number of rotatable bonds is 6. The number of benzene rings is 1. The summed E-state index contributed by atoms with van der Waals surface area (Å²) in [6, 6.07) is 10.8. The highest BCUT2D eigenvalue weighted by Crippen LogP contribution is 2.43. The molecule has 1 aromatic carbocycles. The third-order valence-electron chi connectivity index (χ3n) is 3.69. The minimum atomic E-state index is -0.204. The van der Waals surface area contributed by atoms with Crippen molar-refractivity contribution in [2.24, 2.45) is 5.92 Å². The number of ether oxygens (including phenoxy) is 1. The second-order valence-electron chi connectivity index (χ2n) is 5.30. The molecule has 1 N–H and O–H groups in total. The van der Waals surface area contributed by atoms with Gasteiger partial charge in [-0.05, 0) is 55.5 Å². The Labute approximate surface area is 124 Å². The predicted octanol–water partition coefficient (Wildman–Crippen LogP) is 4.18. The van der Waals surface area contributed by atoms with Crippen molar-refractivity contribution >= 4 is 5.69 Å². The van der Waals surface area contributed by atoms with E-state index in [0.717, 1.165) is 11.3 Å². The normalized spacial score (nSPS) is 15.5. The van der Waals surface area contributed by atoms with Crippen molar-refractivity contribution in [2.75, 3.05) is 11.9 Å². The fourth-order valence-corrected chi connectivity index (χ4v) is 2.49. The van der Waals surface area contributed by atoms with Gasteiger partial charge in [-0.2, -0.15) is 0 Å². The second kappa shape index (κ2) is 6.12. The van der Waals surface area contributed by atoms with Crippen molar-refractivity contribution < 1.29 is 9.13 Å². The van der Waals surface area contributed by atoms with Crippen molar-refractivity contribution in [3.8, 4) is 5.88 Å². The van der Waals surface area contributed by atoms with E-state index < -0.39 is 0 Å². The first-order valence-corrected chi connectivity index (χ1v) is 7.37. The van der Waals surface area contributed by atoms with Crippen molar-refractivity contribution in [2.45, 2.75) is 25.8 Å². The Kier molecular flexibility index (Phi) is 4.04. The molecular weight excluding hydrogens is 267 g/mol. The highest BCUT2D eigenvalue weighted by atomic mass is 19.1. The summed E-state index contributed by atoms with van der Waals surface area (Å²) < 4.78 is 18.7. The smallest absolute Gasteiger partial charge is 0.237 e. The van der Waals surface area contributed by atoms with Gasteiger partial charge in [0.1, 0.15) is 5.82 Å². The maximum absolute atomic E-state index is 13.1. The lowest BCUT2D eigenvalue weighted by molar-refractivity contribution is 0.328. The van der Waals surface area contributed by atoms with Crippen molar-refractivity contribution in [3.63, 3.8) is 0 Å². The molecule has 0 aliphatic heterocycles. The number of hydrogen-bond acceptors (Lipinski definition) is 3. The van der Waals surface area contributed by atoms with Gasteiger partial charge < -0.3 is 10.1 Å². The lowest BCUT2D eigenvalue weighted by Gasteiger charge is -2.21. The Hall–Kier alpha value is -2.10. The van der Waals surface area contributed by atoms with Gasteiger partial charge in [0, 0.05) is 6.20 Å². The van der Waals surface area contributed by atoms with Gasteiger partial charge in [-0.1, -0.05) is 12.1 Å². The first kappa shape index (κ1) is 13.9. The zero-order chi connectivity index (χ0) is 14.7. The summed E-state index contributed by atoms with van der Waals surface area (Å²) in [5.41, 5.74) is 1.99. The van der Waals surface area contributed by atoms with Crippen LogP contribution >= 0.6 is 0 Å². The van der Waals surface area contributed by atoms with Gasteiger partial charge in [0.05, 0.1) is 18.3 Å². The van der Waals surface area contributed by atoms with Gasteiger partial charge in [-0.3, -0.25) is 0 Å². The summed E-state index contributed by atoms with van der Waals surface area (Å²) >= 11 is 0. The standard InChI is InChI=1S/C17H19FN2O/c1-2-21-17-15(4-3-11-19-17)20-16(12-5-6-12)13-7-9-14(18)10-8-13/h3-4,7-12,16,20H,2,5-6H2,1H3. The van der Waals surface area contributed by atoms with Crippen molar-refractivity contribution in [1.29, 1.82) is 0 Å². The Morgan fingerprint density at radius 1 is 1.29 bits per heavy atom. The molecule has 2 aromatic rings. The average molecular weight is 286 g/mol. The summed E-state index contributed by atoms with van der Waals surface area (Å²) in [6.45, 7) is 2.52.